The van der Waals surface area contributed by atoms with Crippen molar-refractivity contribution in [2.45, 2.75) is 25.4 Å². The molecule has 1 heterocycles. The van der Waals surface area contributed by atoms with Gasteiger partial charge in [0.05, 0.1) is 6.10 Å². The first-order valence-corrected chi connectivity index (χ1v) is 5.95. The molecule has 2 N–H and O–H groups in total. The molecule has 0 bridgehead atoms. The molecule has 3 nitrogen and oxygen atoms in total. The van der Waals surface area contributed by atoms with Gasteiger partial charge in [0, 0.05) is 12.1 Å². The van der Waals surface area contributed by atoms with E-state index >= 15 is 0 Å². The lowest BCUT2D eigenvalue weighted by Gasteiger charge is -2.18. The molecule has 1 aromatic carbocycles. The smallest absolute Gasteiger partial charge is 0.121 e. The number of aliphatic hydroxyl groups is 1. The van der Waals surface area contributed by atoms with E-state index in [9.17, 15) is 10.2 Å². The first kappa shape index (κ1) is 11.4. The summed E-state index contributed by atoms with van der Waals surface area (Å²) in [5.41, 5.74) is 0.640. The van der Waals surface area contributed by atoms with Gasteiger partial charge in [0.25, 0.3) is 0 Å². The van der Waals surface area contributed by atoms with Crippen LogP contribution in [0.4, 0.5) is 0 Å². The molecule has 0 aliphatic carbocycles. The molecule has 1 fully saturated rings. The van der Waals surface area contributed by atoms with Gasteiger partial charge in [-0.2, -0.15) is 0 Å². The van der Waals surface area contributed by atoms with Crippen molar-refractivity contribution >= 4 is 0 Å². The first-order chi connectivity index (χ1) is 7.77. The predicted octanol–water partition coefficient (Wildman–Crippen LogP) is 1.91. The number of para-hydroxylation sites is 1. The number of rotatable bonds is 4. The summed E-state index contributed by atoms with van der Waals surface area (Å²) in [4.78, 5) is 2.36. The van der Waals surface area contributed by atoms with E-state index < -0.39 is 6.10 Å². The highest BCUT2D eigenvalue weighted by Gasteiger charge is 2.15. The summed E-state index contributed by atoms with van der Waals surface area (Å²) in [6.45, 7) is 3.20. The molecule has 16 heavy (non-hydrogen) atoms. The first-order valence-electron chi connectivity index (χ1n) is 5.95. The summed E-state index contributed by atoms with van der Waals surface area (Å²) in [6, 6.07) is 7.01. The van der Waals surface area contributed by atoms with Crippen molar-refractivity contribution in [3.63, 3.8) is 0 Å². The maximum Gasteiger partial charge on any atom is 0.121 e. The number of nitrogens with zero attached hydrogens (tertiary/aromatic N) is 1. The fourth-order valence-electron chi connectivity index (χ4n) is 2.24. The van der Waals surface area contributed by atoms with Crippen LogP contribution in [0.15, 0.2) is 24.3 Å². The number of hydrogen-bond acceptors (Lipinski definition) is 3. The molecule has 1 aromatic rings. The molecule has 2 rings (SSSR count). The highest BCUT2D eigenvalue weighted by molar-refractivity contribution is 5.33. The van der Waals surface area contributed by atoms with Gasteiger partial charge in [-0.3, -0.25) is 0 Å². The van der Waals surface area contributed by atoms with Gasteiger partial charge in [0.1, 0.15) is 5.75 Å². The van der Waals surface area contributed by atoms with Gasteiger partial charge in [-0.25, -0.2) is 0 Å². The molecule has 3 heteroatoms. The average Bonchev–Trinajstić information content (AvgIpc) is 2.79. The van der Waals surface area contributed by atoms with Crippen molar-refractivity contribution in [1.29, 1.82) is 0 Å². The SMILES string of the molecule is Oc1ccccc1C(O)CCN1CCCC1. The minimum absolute atomic E-state index is 0.191. The minimum Gasteiger partial charge on any atom is -0.508 e. The molecule has 0 spiro atoms. The van der Waals surface area contributed by atoms with Crippen LogP contribution in [0, 0.1) is 0 Å². The van der Waals surface area contributed by atoms with Crippen LogP contribution in [-0.2, 0) is 0 Å². The Labute approximate surface area is 96.3 Å². The van der Waals surface area contributed by atoms with Crippen LogP contribution in [0.2, 0.25) is 0 Å². The second-order valence-corrected chi connectivity index (χ2v) is 4.41. The number of benzene rings is 1. The molecule has 1 atom stereocenters. The van der Waals surface area contributed by atoms with Crippen molar-refractivity contribution < 1.29 is 10.2 Å². The molecule has 0 aromatic heterocycles. The molecular weight excluding hydrogens is 202 g/mol. The van der Waals surface area contributed by atoms with Crippen LogP contribution in [0.5, 0.6) is 5.75 Å². The average molecular weight is 221 g/mol. The molecule has 1 unspecified atom stereocenters. The molecule has 1 aliphatic heterocycles. The Hall–Kier alpha value is -1.06. The van der Waals surface area contributed by atoms with E-state index in [1.807, 2.05) is 6.07 Å². The number of likely N-dealkylation sites (tertiary alicyclic amines) is 1. The third-order valence-corrected chi connectivity index (χ3v) is 3.21. The van der Waals surface area contributed by atoms with E-state index in [2.05, 4.69) is 4.90 Å². The molecule has 1 aliphatic rings. The second kappa shape index (κ2) is 5.32. The second-order valence-electron chi connectivity index (χ2n) is 4.41. The summed E-state index contributed by atoms with van der Waals surface area (Å²) >= 11 is 0. The monoisotopic (exact) mass is 221 g/mol. The standard InChI is InChI=1S/C13H19NO2/c15-12-6-2-1-5-11(12)13(16)7-10-14-8-3-4-9-14/h1-2,5-6,13,15-16H,3-4,7-10H2. The Balaban J connectivity index is 1.87. The maximum atomic E-state index is 9.98. The van der Waals surface area contributed by atoms with E-state index in [0.717, 1.165) is 19.6 Å². The quantitative estimate of drug-likeness (QED) is 0.816. The number of aromatic hydroxyl groups is 1. The van der Waals surface area contributed by atoms with Crippen LogP contribution in [0.1, 0.15) is 30.9 Å². The summed E-state index contributed by atoms with van der Waals surface area (Å²) in [5, 5.41) is 19.6. The van der Waals surface area contributed by atoms with Crippen molar-refractivity contribution in [1.82, 2.24) is 4.90 Å². The lowest BCUT2D eigenvalue weighted by molar-refractivity contribution is 0.146. The van der Waals surface area contributed by atoms with E-state index in [1.165, 1.54) is 12.8 Å². The van der Waals surface area contributed by atoms with Gasteiger partial charge in [-0.15, -0.1) is 0 Å². The third-order valence-electron chi connectivity index (χ3n) is 3.21. The molecule has 88 valence electrons. The van der Waals surface area contributed by atoms with Crippen LogP contribution in [0.25, 0.3) is 0 Å². The highest BCUT2D eigenvalue weighted by Crippen LogP contribution is 2.26. The van der Waals surface area contributed by atoms with Crippen LogP contribution in [-0.4, -0.2) is 34.7 Å². The summed E-state index contributed by atoms with van der Waals surface area (Å²) in [7, 11) is 0. The van der Waals surface area contributed by atoms with Crippen molar-refractivity contribution in [3.8, 4) is 5.75 Å². The van der Waals surface area contributed by atoms with Crippen LogP contribution in [0.3, 0.4) is 0 Å². The van der Waals surface area contributed by atoms with Gasteiger partial charge in [0.2, 0.25) is 0 Å². The zero-order chi connectivity index (χ0) is 11.4. The summed E-state index contributed by atoms with van der Waals surface area (Å²) < 4.78 is 0. The predicted molar refractivity (Wildman–Crippen MR) is 63.4 cm³/mol. The van der Waals surface area contributed by atoms with Crippen molar-refractivity contribution in [2.75, 3.05) is 19.6 Å². The summed E-state index contributed by atoms with van der Waals surface area (Å²) in [5.74, 6) is 0.191. The van der Waals surface area contributed by atoms with Crippen LogP contribution >= 0.6 is 0 Å². The largest absolute Gasteiger partial charge is 0.508 e. The van der Waals surface area contributed by atoms with Crippen LogP contribution < -0.4 is 0 Å². The molecule has 0 amide bonds. The Kier molecular flexibility index (Phi) is 3.80. The lowest BCUT2D eigenvalue weighted by atomic mass is 10.1. The van der Waals surface area contributed by atoms with E-state index in [-0.39, 0.29) is 5.75 Å². The lowest BCUT2D eigenvalue weighted by Crippen LogP contribution is -2.22. The molecule has 0 saturated carbocycles. The Morgan fingerprint density at radius 1 is 1.19 bits per heavy atom. The maximum absolute atomic E-state index is 9.98. The zero-order valence-corrected chi connectivity index (χ0v) is 9.47. The van der Waals surface area contributed by atoms with Gasteiger partial charge >= 0.3 is 0 Å². The van der Waals surface area contributed by atoms with Crippen molar-refractivity contribution in [2.24, 2.45) is 0 Å². The Bertz CT molecular complexity index is 334. The molecule has 0 radical (unpaired) electrons. The fraction of sp³-hybridized carbons (Fsp3) is 0.538. The highest BCUT2D eigenvalue weighted by atomic mass is 16.3. The van der Waals surface area contributed by atoms with Crippen molar-refractivity contribution in [3.05, 3.63) is 29.8 Å². The number of phenolic OH excluding ortho intramolecular Hbond substituents is 1. The normalized spacial score (nSPS) is 18.8. The van der Waals surface area contributed by atoms with Gasteiger partial charge < -0.3 is 15.1 Å². The number of aliphatic hydroxyl groups excluding tert-OH is 1. The van der Waals surface area contributed by atoms with E-state index in [1.54, 1.807) is 18.2 Å². The molecular formula is C13H19NO2. The number of phenols is 1. The number of hydrogen-bond donors (Lipinski definition) is 2. The third kappa shape index (κ3) is 2.74. The zero-order valence-electron chi connectivity index (χ0n) is 9.47. The minimum atomic E-state index is -0.554. The Morgan fingerprint density at radius 3 is 2.56 bits per heavy atom. The molecule has 1 saturated heterocycles. The van der Waals surface area contributed by atoms with Gasteiger partial charge in [-0.1, -0.05) is 18.2 Å². The van der Waals surface area contributed by atoms with Gasteiger partial charge in [0.15, 0.2) is 0 Å². The van der Waals surface area contributed by atoms with E-state index in [0.29, 0.717) is 12.0 Å². The Morgan fingerprint density at radius 2 is 1.88 bits per heavy atom. The fourth-order valence-corrected chi connectivity index (χ4v) is 2.24. The van der Waals surface area contributed by atoms with Gasteiger partial charge in [-0.05, 0) is 38.4 Å². The summed E-state index contributed by atoms with van der Waals surface area (Å²) in [6.07, 6.45) is 2.68. The van der Waals surface area contributed by atoms with E-state index in [4.69, 9.17) is 0 Å². The topological polar surface area (TPSA) is 43.7 Å².